The molecule has 1 amide bonds. The van der Waals surface area contributed by atoms with E-state index in [2.05, 4.69) is 34.3 Å². The first-order valence-electron chi connectivity index (χ1n) is 14.2. The minimum atomic E-state index is -0.260. The van der Waals surface area contributed by atoms with Crippen molar-refractivity contribution >= 4 is 28.8 Å². The molecule has 8 heteroatoms. The number of ether oxygens (including phenoxy) is 1. The van der Waals surface area contributed by atoms with Gasteiger partial charge in [-0.1, -0.05) is 44.0 Å². The third kappa shape index (κ3) is 6.25. The molecule has 0 aliphatic carbocycles. The van der Waals surface area contributed by atoms with Gasteiger partial charge < -0.3 is 15.0 Å². The van der Waals surface area contributed by atoms with E-state index >= 15 is 4.39 Å². The number of anilines is 1. The number of nitrogens with one attached hydrogen (secondary N) is 1. The lowest BCUT2D eigenvalue weighted by Crippen LogP contribution is -2.33. The standard InChI is InChI=1S/C32H36ClFN4O2/c1-3-5-18-40-26-10-8-25(9-11-26)37-16-14-23(15-17-37)27-12-6-22(19-28(27)34)20-35-32(39)31-29(4-2)36-30-13-7-24(33)21-38(30)31/h6-13,19,21,23H,3-5,14-18,20H2,1-2H3,(H,35,39). The molecule has 40 heavy (non-hydrogen) atoms. The summed E-state index contributed by atoms with van der Waals surface area (Å²) in [5.41, 5.74) is 4.47. The van der Waals surface area contributed by atoms with Crippen LogP contribution in [0.15, 0.2) is 60.8 Å². The van der Waals surface area contributed by atoms with Gasteiger partial charge in [0.2, 0.25) is 0 Å². The summed E-state index contributed by atoms with van der Waals surface area (Å²) >= 11 is 6.15. The summed E-state index contributed by atoms with van der Waals surface area (Å²) in [7, 11) is 0. The maximum absolute atomic E-state index is 15.2. The Morgan fingerprint density at radius 1 is 1.10 bits per heavy atom. The van der Waals surface area contributed by atoms with Gasteiger partial charge in [-0.15, -0.1) is 0 Å². The summed E-state index contributed by atoms with van der Waals surface area (Å²) in [6, 6.07) is 17.2. The van der Waals surface area contributed by atoms with Crippen LogP contribution in [0, 0.1) is 5.82 Å². The summed E-state index contributed by atoms with van der Waals surface area (Å²) in [5, 5.41) is 3.45. The maximum Gasteiger partial charge on any atom is 0.270 e. The fraction of sp³-hybridized carbons (Fsp3) is 0.375. The number of pyridine rings is 1. The summed E-state index contributed by atoms with van der Waals surface area (Å²) in [4.78, 5) is 20.0. The second-order valence-corrected chi connectivity index (χ2v) is 10.8. The van der Waals surface area contributed by atoms with Crippen molar-refractivity contribution in [2.45, 2.75) is 58.4 Å². The fourth-order valence-electron chi connectivity index (χ4n) is 5.37. The molecule has 0 spiro atoms. The molecule has 2 aromatic heterocycles. The van der Waals surface area contributed by atoms with Crippen molar-refractivity contribution in [3.63, 3.8) is 0 Å². The van der Waals surface area contributed by atoms with E-state index in [0.29, 0.717) is 28.5 Å². The van der Waals surface area contributed by atoms with Crippen molar-refractivity contribution in [1.29, 1.82) is 0 Å². The number of halogens is 2. The number of rotatable bonds is 10. The number of aromatic nitrogens is 2. The van der Waals surface area contributed by atoms with E-state index < -0.39 is 0 Å². The number of amides is 1. The van der Waals surface area contributed by atoms with Crippen LogP contribution in [0.5, 0.6) is 5.75 Å². The predicted octanol–water partition coefficient (Wildman–Crippen LogP) is 7.18. The number of unbranched alkanes of at least 4 members (excludes halogenated alkanes) is 1. The molecule has 5 rings (SSSR count). The zero-order valence-corrected chi connectivity index (χ0v) is 23.9. The first-order chi connectivity index (χ1) is 19.5. The van der Waals surface area contributed by atoms with Crippen LogP contribution in [0.3, 0.4) is 0 Å². The van der Waals surface area contributed by atoms with E-state index in [-0.39, 0.29) is 24.2 Å². The highest BCUT2D eigenvalue weighted by molar-refractivity contribution is 6.30. The van der Waals surface area contributed by atoms with Crippen LogP contribution in [-0.4, -0.2) is 35.0 Å². The average molecular weight is 563 g/mol. The first kappa shape index (κ1) is 28.0. The third-order valence-corrected chi connectivity index (χ3v) is 7.85. The van der Waals surface area contributed by atoms with Crippen LogP contribution in [-0.2, 0) is 13.0 Å². The number of carbonyl (C=O) groups excluding carboxylic acids is 1. The second-order valence-electron chi connectivity index (χ2n) is 10.3. The molecule has 0 saturated carbocycles. The molecule has 6 nitrogen and oxygen atoms in total. The van der Waals surface area contributed by atoms with Gasteiger partial charge in [-0.25, -0.2) is 9.37 Å². The second kappa shape index (κ2) is 12.7. The molecular formula is C32H36ClFN4O2. The highest BCUT2D eigenvalue weighted by Crippen LogP contribution is 2.33. The lowest BCUT2D eigenvalue weighted by molar-refractivity contribution is 0.0944. The molecule has 210 valence electrons. The number of piperidine rings is 1. The predicted molar refractivity (Wildman–Crippen MR) is 158 cm³/mol. The van der Waals surface area contributed by atoms with Crippen LogP contribution in [0.2, 0.25) is 5.02 Å². The highest BCUT2D eigenvalue weighted by atomic mass is 35.5. The van der Waals surface area contributed by atoms with Gasteiger partial charge in [0.25, 0.3) is 5.91 Å². The van der Waals surface area contributed by atoms with Gasteiger partial charge in [0.1, 0.15) is 22.9 Å². The summed E-state index contributed by atoms with van der Waals surface area (Å²) in [6.45, 7) is 6.83. The zero-order valence-electron chi connectivity index (χ0n) is 23.1. The number of fused-ring (bicyclic) bond motifs is 1. The quantitative estimate of drug-likeness (QED) is 0.208. The van der Waals surface area contributed by atoms with Crippen molar-refractivity contribution in [3.8, 4) is 5.75 Å². The van der Waals surface area contributed by atoms with Crippen LogP contribution < -0.4 is 15.0 Å². The molecule has 4 aromatic rings. The Balaban J connectivity index is 1.17. The van der Waals surface area contributed by atoms with Gasteiger partial charge in [-0.05, 0) is 85.2 Å². The Hall–Kier alpha value is -3.58. The molecule has 2 aromatic carbocycles. The van der Waals surface area contributed by atoms with E-state index in [9.17, 15) is 4.79 Å². The van der Waals surface area contributed by atoms with Crippen molar-refractivity contribution in [2.24, 2.45) is 0 Å². The Morgan fingerprint density at radius 3 is 2.58 bits per heavy atom. The molecule has 1 saturated heterocycles. The number of carbonyl (C=O) groups is 1. The van der Waals surface area contributed by atoms with Crippen molar-refractivity contribution in [2.75, 3.05) is 24.6 Å². The summed E-state index contributed by atoms with van der Waals surface area (Å²) < 4.78 is 22.7. The van der Waals surface area contributed by atoms with Crippen LogP contribution in [0.4, 0.5) is 10.1 Å². The van der Waals surface area contributed by atoms with Gasteiger partial charge in [-0.2, -0.15) is 0 Å². The topological polar surface area (TPSA) is 58.9 Å². The monoisotopic (exact) mass is 562 g/mol. The number of aryl methyl sites for hydroxylation is 1. The van der Waals surface area contributed by atoms with E-state index in [0.717, 1.165) is 62.3 Å². The third-order valence-electron chi connectivity index (χ3n) is 7.63. The van der Waals surface area contributed by atoms with Crippen LogP contribution >= 0.6 is 11.6 Å². The minimum absolute atomic E-state index is 0.173. The molecule has 0 radical (unpaired) electrons. The lowest BCUT2D eigenvalue weighted by atomic mass is 9.88. The van der Waals surface area contributed by atoms with Gasteiger partial charge in [0.05, 0.1) is 17.3 Å². The lowest BCUT2D eigenvalue weighted by Gasteiger charge is -2.34. The van der Waals surface area contributed by atoms with Crippen LogP contribution in [0.1, 0.15) is 72.8 Å². The number of benzene rings is 2. The van der Waals surface area contributed by atoms with Crippen molar-refractivity contribution in [3.05, 3.63) is 94.1 Å². The summed E-state index contributed by atoms with van der Waals surface area (Å²) in [5.74, 6) is 0.601. The first-order valence-corrected chi connectivity index (χ1v) is 14.6. The van der Waals surface area contributed by atoms with E-state index in [1.165, 1.54) is 5.69 Å². The smallest absolute Gasteiger partial charge is 0.270 e. The molecule has 1 aliphatic rings. The van der Waals surface area contributed by atoms with E-state index in [4.69, 9.17) is 16.3 Å². The van der Waals surface area contributed by atoms with Crippen LogP contribution in [0.25, 0.3) is 5.65 Å². The molecule has 0 bridgehead atoms. The Morgan fingerprint density at radius 2 is 1.88 bits per heavy atom. The Bertz CT molecular complexity index is 1460. The van der Waals surface area contributed by atoms with Crippen molar-refractivity contribution < 1.29 is 13.9 Å². The van der Waals surface area contributed by atoms with E-state index in [1.807, 2.05) is 31.2 Å². The normalized spacial score (nSPS) is 14.1. The molecule has 0 unspecified atom stereocenters. The van der Waals surface area contributed by atoms with Gasteiger partial charge in [0.15, 0.2) is 0 Å². The number of imidazole rings is 1. The number of hydrogen-bond donors (Lipinski definition) is 1. The van der Waals surface area contributed by atoms with Gasteiger partial charge in [0, 0.05) is 31.5 Å². The molecule has 1 aliphatic heterocycles. The Kier molecular flexibility index (Phi) is 8.90. The Labute approximate surface area is 240 Å². The molecular weight excluding hydrogens is 527 g/mol. The number of nitrogens with zero attached hydrogens (tertiary/aromatic N) is 3. The summed E-state index contributed by atoms with van der Waals surface area (Å²) in [6.07, 6.45) is 6.25. The molecule has 3 heterocycles. The largest absolute Gasteiger partial charge is 0.494 e. The van der Waals surface area contributed by atoms with Gasteiger partial charge in [-0.3, -0.25) is 9.20 Å². The molecule has 1 fully saturated rings. The molecule has 1 N–H and O–H groups in total. The maximum atomic E-state index is 15.2. The number of hydrogen-bond acceptors (Lipinski definition) is 4. The van der Waals surface area contributed by atoms with Gasteiger partial charge >= 0.3 is 0 Å². The zero-order chi connectivity index (χ0) is 28.1. The van der Waals surface area contributed by atoms with Crippen molar-refractivity contribution in [1.82, 2.24) is 14.7 Å². The highest BCUT2D eigenvalue weighted by Gasteiger charge is 2.24. The molecule has 0 atom stereocenters. The fourth-order valence-corrected chi connectivity index (χ4v) is 5.53. The minimum Gasteiger partial charge on any atom is -0.494 e. The average Bonchev–Trinajstić information content (AvgIpc) is 3.34. The van der Waals surface area contributed by atoms with E-state index in [1.54, 1.807) is 28.8 Å². The SMILES string of the molecule is CCCCOc1ccc(N2CCC(c3ccc(CNC(=O)c4c(CC)nc5ccc(Cl)cn45)cc3F)CC2)cc1.